The summed E-state index contributed by atoms with van der Waals surface area (Å²) in [4.78, 5) is 16.5. The van der Waals surface area contributed by atoms with Gasteiger partial charge in [0.2, 0.25) is 0 Å². The van der Waals surface area contributed by atoms with Gasteiger partial charge in [-0.25, -0.2) is 8.78 Å². The molecule has 0 atom stereocenters. The summed E-state index contributed by atoms with van der Waals surface area (Å²) in [7, 11) is 0. The molecule has 0 saturated heterocycles. The Hall–Kier alpha value is -3.02. The standard InChI is InChI=1S/C19H16F2N2O2/c20-8-10-25-17-5-1-3-15(18(17)21)12-23-19(24)14-6-7-16-13(11-14)4-2-9-22-16/h1-7,9,11H,8,10,12H2,(H,23,24). The van der Waals surface area contributed by atoms with Crippen LogP contribution in [0.4, 0.5) is 8.78 Å². The second-order valence-corrected chi connectivity index (χ2v) is 5.36. The molecule has 0 radical (unpaired) electrons. The highest BCUT2D eigenvalue weighted by molar-refractivity contribution is 5.97. The molecule has 0 bridgehead atoms. The lowest BCUT2D eigenvalue weighted by atomic mass is 10.1. The van der Waals surface area contributed by atoms with E-state index >= 15 is 0 Å². The molecule has 4 nitrogen and oxygen atoms in total. The van der Waals surface area contributed by atoms with E-state index in [0.717, 1.165) is 10.9 Å². The highest BCUT2D eigenvalue weighted by Gasteiger charge is 2.12. The fourth-order valence-electron chi connectivity index (χ4n) is 2.45. The number of alkyl halides is 1. The molecule has 0 saturated carbocycles. The summed E-state index contributed by atoms with van der Waals surface area (Å²) in [6.07, 6.45) is 1.68. The van der Waals surface area contributed by atoms with Crippen molar-refractivity contribution in [2.75, 3.05) is 13.3 Å². The van der Waals surface area contributed by atoms with E-state index in [-0.39, 0.29) is 30.4 Å². The quantitative estimate of drug-likeness (QED) is 0.744. The van der Waals surface area contributed by atoms with Gasteiger partial charge in [0.05, 0.1) is 5.52 Å². The molecular weight excluding hydrogens is 326 g/mol. The Balaban J connectivity index is 1.71. The topological polar surface area (TPSA) is 51.2 Å². The number of nitrogens with one attached hydrogen (secondary N) is 1. The Labute approximate surface area is 143 Å². The molecule has 0 aliphatic rings. The fourth-order valence-corrected chi connectivity index (χ4v) is 2.45. The van der Waals surface area contributed by atoms with Crippen LogP contribution in [0.5, 0.6) is 5.75 Å². The molecule has 6 heteroatoms. The van der Waals surface area contributed by atoms with Gasteiger partial charge in [0.15, 0.2) is 11.6 Å². The van der Waals surface area contributed by atoms with Crippen molar-refractivity contribution in [3.05, 3.63) is 71.7 Å². The maximum Gasteiger partial charge on any atom is 0.251 e. The molecule has 1 N–H and O–H groups in total. The number of halogens is 2. The lowest BCUT2D eigenvalue weighted by Gasteiger charge is -2.10. The summed E-state index contributed by atoms with van der Waals surface area (Å²) in [6.45, 7) is -0.905. The van der Waals surface area contributed by atoms with Crippen LogP contribution in [-0.2, 0) is 6.54 Å². The number of fused-ring (bicyclic) bond motifs is 1. The number of nitrogens with zero attached hydrogens (tertiary/aromatic N) is 1. The molecule has 3 rings (SSSR count). The maximum absolute atomic E-state index is 14.3. The molecule has 128 valence electrons. The van der Waals surface area contributed by atoms with E-state index in [2.05, 4.69) is 10.3 Å². The van der Waals surface area contributed by atoms with Crippen LogP contribution in [0.1, 0.15) is 15.9 Å². The van der Waals surface area contributed by atoms with Gasteiger partial charge in [-0.15, -0.1) is 0 Å². The molecule has 2 aromatic carbocycles. The number of hydrogen-bond acceptors (Lipinski definition) is 3. The number of carbonyl (C=O) groups is 1. The van der Waals surface area contributed by atoms with Crippen molar-refractivity contribution in [3.8, 4) is 5.75 Å². The first-order chi connectivity index (χ1) is 12.2. The minimum atomic E-state index is -0.697. The van der Waals surface area contributed by atoms with Crippen LogP contribution < -0.4 is 10.1 Å². The average molecular weight is 342 g/mol. The smallest absolute Gasteiger partial charge is 0.251 e. The normalized spacial score (nSPS) is 10.6. The Morgan fingerprint density at radius 1 is 1.16 bits per heavy atom. The molecule has 1 amide bonds. The molecule has 3 aromatic rings. The highest BCUT2D eigenvalue weighted by atomic mass is 19.1. The zero-order chi connectivity index (χ0) is 17.6. The van der Waals surface area contributed by atoms with Gasteiger partial charge in [0, 0.05) is 29.3 Å². The number of ether oxygens (including phenoxy) is 1. The van der Waals surface area contributed by atoms with Gasteiger partial charge in [0.25, 0.3) is 5.91 Å². The molecule has 1 aromatic heterocycles. The van der Waals surface area contributed by atoms with Crippen molar-refractivity contribution in [2.24, 2.45) is 0 Å². The van der Waals surface area contributed by atoms with Gasteiger partial charge in [-0.05, 0) is 30.3 Å². The number of pyridine rings is 1. The molecule has 1 heterocycles. The van der Waals surface area contributed by atoms with Crippen molar-refractivity contribution in [1.29, 1.82) is 0 Å². The molecule has 0 spiro atoms. The second-order valence-electron chi connectivity index (χ2n) is 5.36. The lowest BCUT2D eigenvalue weighted by molar-refractivity contribution is 0.0950. The van der Waals surface area contributed by atoms with Crippen LogP contribution in [-0.4, -0.2) is 24.2 Å². The predicted octanol–water partition coefficient (Wildman–Crippen LogP) is 3.65. The first-order valence-corrected chi connectivity index (χ1v) is 7.78. The molecular formula is C19H16F2N2O2. The van der Waals surface area contributed by atoms with E-state index < -0.39 is 12.5 Å². The van der Waals surface area contributed by atoms with E-state index in [1.165, 1.54) is 6.07 Å². The third kappa shape index (κ3) is 3.91. The van der Waals surface area contributed by atoms with Crippen molar-refractivity contribution in [1.82, 2.24) is 10.3 Å². The Morgan fingerprint density at radius 3 is 2.88 bits per heavy atom. The summed E-state index contributed by atoms with van der Waals surface area (Å²) in [5.41, 5.74) is 1.53. The fraction of sp³-hybridized carbons (Fsp3) is 0.158. The van der Waals surface area contributed by atoms with E-state index in [1.54, 1.807) is 42.6 Å². The number of benzene rings is 2. The van der Waals surface area contributed by atoms with Crippen LogP contribution in [0.15, 0.2) is 54.7 Å². The number of carbonyl (C=O) groups excluding carboxylic acids is 1. The van der Waals surface area contributed by atoms with E-state index in [9.17, 15) is 13.6 Å². The van der Waals surface area contributed by atoms with Crippen molar-refractivity contribution < 1.29 is 18.3 Å². The van der Waals surface area contributed by atoms with E-state index in [1.807, 2.05) is 6.07 Å². The zero-order valence-electron chi connectivity index (χ0n) is 13.3. The summed E-state index contributed by atoms with van der Waals surface area (Å²) in [6, 6.07) is 13.4. The molecule has 0 unspecified atom stereocenters. The van der Waals surface area contributed by atoms with Gasteiger partial charge >= 0.3 is 0 Å². The predicted molar refractivity (Wildman–Crippen MR) is 90.8 cm³/mol. The SMILES string of the molecule is O=C(NCc1cccc(OCCF)c1F)c1ccc2ncccc2c1. The molecule has 0 aliphatic carbocycles. The largest absolute Gasteiger partial charge is 0.488 e. The maximum atomic E-state index is 14.3. The Kier molecular flexibility index (Phi) is 5.18. The first kappa shape index (κ1) is 16.8. The van der Waals surface area contributed by atoms with Gasteiger partial charge in [0.1, 0.15) is 13.3 Å². The lowest BCUT2D eigenvalue weighted by Crippen LogP contribution is -2.23. The average Bonchev–Trinajstić information content (AvgIpc) is 2.65. The summed E-state index contributed by atoms with van der Waals surface area (Å²) >= 11 is 0. The summed E-state index contributed by atoms with van der Waals surface area (Å²) in [5, 5.41) is 3.53. The number of rotatable bonds is 6. The molecule has 0 aliphatic heterocycles. The Bertz CT molecular complexity index is 899. The summed E-state index contributed by atoms with van der Waals surface area (Å²) in [5.74, 6) is -0.944. The third-order valence-electron chi connectivity index (χ3n) is 3.68. The molecule has 25 heavy (non-hydrogen) atoms. The zero-order valence-corrected chi connectivity index (χ0v) is 13.3. The minimum absolute atomic E-state index is 0.00255. The summed E-state index contributed by atoms with van der Waals surface area (Å²) < 4.78 is 31.4. The van der Waals surface area contributed by atoms with Crippen LogP contribution in [0.3, 0.4) is 0 Å². The number of hydrogen-bond donors (Lipinski definition) is 1. The van der Waals surface area contributed by atoms with Gasteiger partial charge in [-0.1, -0.05) is 18.2 Å². The van der Waals surface area contributed by atoms with Crippen LogP contribution >= 0.6 is 0 Å². The van der Waals surface area contributed by atoms with Crippen molar-refractivity contribution in [3.63, 3.8) is 0 Å². The van der Waals surface area contributed by atoms with Crippen LogP contribution in [0.2, 0.25) is 0 Å². The van der Waals surface area contributed by atoms with E-state index in [4.69, 9.17) is 4.74 Å². The van der Waals surface area contributed by atoms with Crippen molar-refractivity contribution in [2.45, 2.75) is 6.54 Å². The number of aromatic nitrogens is 1. The highest BCUT2D eigenvalue weighted by Crippen LogP contribution is 2.20. The minimum Gasteiger partial charge on any atom is -0.488 e. The monoisotopic (exact) mass is 342 g/mol. The van der Waals surface area contributed by atoms with Crippen LogP contribution in [0, 0.1) is 5.82 Å². The van der Waals surface area contributed by atoms with E-state index in [0.29, 0.717) is 5.56 Å². The Morgan fingerprint density at radius 2 is 2.04 bits per heavy atom. The number of amides is 1. The van der Waals surface area contributed by atoms with Gasteiger partial charge in [-0.2, -0.15) is 0 Å². The van der Waals surface area contributed by atoms with Crippen molar-refractivity contribution >= 4 is 16.8 Å². The van der Waals surface area contributed by atoms with Crippen LogP contribution in [0.25, 0.3) is 10.9 Å². The second kappa shape index (κ2) is 7.70. The van der Waals surface area contributed by atoms with Gasteiger partial charge in [-0.3, -0.25) is 9.78 Å². The first-order valence-electron chi connectivity index (χ1n) is 7.78. The molecule has 0 fully saturated rings. The van der Waals surface area contributed by atoms with Gasteiger partial charge < -0.3 is 10.1 Å². The third-order valence-corrected chi connectivity index (χ3v) is 3.68.